The molecule has 2 N–H and O–H groups in total. The summed E-state index contributed by atoms with van der Waals surface area (Å²) in [7, 11) is -1.36. The third kappa shape index (κ3) is 5.93. The molecule has 0 fully saturated rings. The van der Waals surface area contributed by atoms with Crippen LogP contribution in [0.5, 0.6) is 0 Å². The molecule has 1 amide bonds. The smallest absolute Gasteiger partial charge is 0.237 e. The fourth-order valence-corrected chi connectivity index (χ4v) is 1.99. The minimum Gasteiger partial charge on any atom is -0.351 e. The van der Waals surface area contributed by atoms with Crippen molar-refractivity contribution in [1.29, 1.82) is 0 Å². The van der Waals surface area contributed by atoms with Crippen LogP contribution < -0.4 is 10.6 Å². The Balaban J connectivity index is 4.07. The molecule has 0 heterocycles. The molecule has 84 valence electrons. The molecule has 0 aromatic rings. The SMILES string of the molecule is CNC(C)C(=O)NC(C)CS(C)(=O)=O. The quantitative estimate of drug-likeness (QED) is 0.635. The van der Waals surface area contributed by atoms with Crippen LogP contribution in [-0.2, 0) is 14.6 Å². The maximum atomic E-state index is 11.3. The van der Waals surface area contributed by atoms with Crippen molar-refractivity contribution in [3.8, 4) is 0 Å². The van der Waals surface area contributed by atoms with E-state index in [1.807, 2.05) is 0 Å². The standard InChI is InChI=1S/C8H18N2O3S/c1-6(5-14(4,12)13)10-8(11)7(2)9-3/h6-7,9H,5H2,1-4H3,(H,10,11). The van der Waals surface area contributed by atoms with Gasteiger partial charge in [-0.2, -0.15) is 0 Å². The summed E-state index contributed by atoms with van der Waals surface area (Å²) < 4.78 is 21.8. The van der Waals surface area contributed by atoms with E-state index in [4.69, 9.17) is 0 Å². The summed E-state index contributed by atoms with van der Waals surface area (Å²) in [6, 6.07) is -0.662. The van der Waals surface area contributed by atoms with E-state index < -0.39 is 9.84 Å². The Kier molecular flexibility index (Phi) is 5.07. The highest BCUT2D eigenvalue weighted by atomic mass is 32.2. The molecular weight excluding hydrogens is 204 g/mol. The Labute approximate surface area is 85.2 Å². The third-order valence-corrected chi connectivity index (χ3v) is 2.87. The molecule has 0 saturated heterocycles. The Morgan fingerprint density at radius 3 is 2.21 bits per heavy atom. The lowest BCUT2D eigenvalue weighted by Crippen LogP contribution is -2.46. The molecule has 14 heavy (non-hydrogen) atoms. The summed E-state index contributed by atoms with van der Waals surface area (Å²) in [6.45, 7) is 3.38. The van der Waals surface area contributed by atoms with Gasteiger partial charge in [-0.15, -0.1) is 0 Å². The van der Waals surface area contributed by atoms with Gasteiger partial charge in [0, 0.05) is 12.3 Å². The lowest BCUT2D eigenvalue weighted by atomic mass is 10.3. The van der Waals surface area contributed by atoms with Crippen molar-refractivity contribution < 1.29 is 13.2 Å². The van der Waals surface area contributed by atoms with Crippen LogP contribution in [0, 0.1) is 0 Å². The summed E-state index contributed by atoms with van der Waals surface area (Å²) in [6.07, 6.45) is 1.15. The van der Waals surface area contributed by atoms with E-state index in [0.717, 1.165) is 6.26 Å². The van der Waals surface area contributed by atoms with E-state index in [-0.39, 0.29) is 23.7 Å². The molecule has 5 nitrogen and oxygen atoms in total. The van der Waals surface area contributed by atoms with Crippen molar-refractivity contribution in [1.82, 2.24) is 10.6 Å². The molecule has 2 atom stereocenters. The second-order valence-electron chi connectivity index (χ2n) is 3.51. The maximum absolute atomic E-state index is 11.3. The first-order valence-corrected chi connectivity index (χ1v) is 6.47. The zero-order chi connectivity index (χ0) is 11.4. The molecule has 0 bridgehead atoms. The second kappa shape index (κ2) is 5.31. The number of carbonyl (C=O) groups excluding carboxylic acids is 1. The monoisotopic (exact) mass is 222 g/mol. The van der Waals surface area contributed by atoms with Gasteiger partial charge in [0.15, 0.2) is 0 Å². The Morgan fingerprint density at radius 1 is 1.36 bits per heavy atom. The molecule has 0 radical (unpaired) electrons. The van der Waals surface area contributed by atoms with Gasteiger partial charge in [0.25, 0.3) is 0 Å². The van der Waals surface area contributed by atoms with Crippen LogP contribution in [0.4, 0.5) is 0 Å². The number of likely N-dealkylation sites (N-methyl/N-ethyl adjacent to an activating group) is 1. The number of hydrogen-bond acceptors (Lipinski definition) is 4. The number of sulfone groups is 1. The van der Waals surface area contributed by atoms with E-state index >= 15 is 0 Å². The van der Waals surface area contributed by atoms with Gasteiger partial charge in [0.05, 0.1) is 11.8 Å². The van der Waals surface area contributed by atoms with Crippen molar-refractivity contribution in [3.05, 3.63) is 0 Å². The summed E-state index contributed by atoms with van der Waals surface area (Å²) in [4.78, 5) is 11.3. The third-order valence-electron chi connectivity index (χ3n) is 1.77. The van der Waals surface area contributed by atoms with Gasteiger partial charge in [-0.25, -0.2) is 8.42 Å². The first-order valence-electron chi connectivity index (χ1n) is 4.41. The van der Waals surface area contributed by atoms with Gasteiger partial charge in [0.2, 0.25) is 5.91 Å². The van der Waals surface area contributed by atoms with Crippen LogP contribution >= 0.6 is 0 Å². The number of hydrogen-bond donors (Lipinski definition) is 2. The number of carbonyl (C=O) groups is 1. The van der Waals surface area contributed by atoms with Crippen LogP contribution in [0.15, 0.2) is 0 Å². The zero-order valence-electron chi connectivity index (χ0n) is 8.99. The summed E-state index contributed by atoms with van der Waals surface area (Å²) >= 11 is 0. The van der Waals surface area contributed by atoms with E-state index in [2.05, 4.69) is 10.6 Å². The fraction of sp³-hybridized carbons (Fsp3) is 0.875. The highest BCUT2D eigenvalue weighted by Gasteiger charge is 2.16. The molecule has 0 aliphatic carbocycles. The molecule has 6 heteroatoms. The van der Waals surface area contributed by atoms with Crippen LogP contribution in [0.25, 0.3) is 0 Å². The van der Waals surface area contributed by atoms with E-state index in [0.29, 0.717) is 0 Å². The predicted molar refractivity (Wildman–Crippen MR) is 55.8 cm³/mol. The lowest BCUT2D eigenvalue weighted by molar-refractivity contribution is -0.123. The van der Waals surface area contributed by atoms with Crippen LogP contribution in [-0.4, -0.2) is 45.5 Å². The maximum Gasteiger partial charge on any atom is 0.237 e. The van der Waals surface area contributed by atoms with Gasteiger partial charge in [0.1, 0.15) is 9.84 Å². The van der Waals surface area contributed by atoms with Crippen molar-refractivity contribution in [2.45, 2.75) is 25.9 Å². The number of rotatable bonds is 5. The number of nitrogens with one attached hydrogen (secondary N) is 2. The largest absolute Gasteiger partial charge is 0.351 e. The van der Waals surface area contributed by atoms with E-state index in [1.54, 1.807) is 20.9 Å². The minimum atomic E-state index is -3.04. The molecule has 0 aromatic carbocycles. The van der Waals surface area contributed by atoms with E-state index in [1.165, 1.54) is 0 Å². The predicted octanol–water partition coefficient (Wildman–Crippen LogP) is -0.856. The molecular formula is C8H18N2O3S. The Bertz CT molecular complexity index is 287. The average molecular weight is 222 g/mol. The first-order chi connectivity index (χ1) is 6.26. The summed E-state index contributed by atoms with van der Waals surface area (Å²) in [5, 5.41) is 5.38. The van der Waals surface area contributed by atoms with Crippen molar-refractivity contribution in [3.63, 3.8) is 0 Å². The summed E-state index contributed by atoms with van der Waals surface area (Å²) in [5.74, 6) is -0.224. The highest BCUT2D eigenvalue weighted by Crippen LogP contribution is 1.91. The van der Waals surface area contributed by atoms with Crippen LogP contribution in [0.3, 0.4) is 0 Å². The van der Waals surface area contributed by atoms with Crippen LogP contribution in [0.2, 0.25) is 0 Å². The van der Waals surface area contributed by atoms with Gasteiger partial charge in [-0.3, -0.25) is 4.79 Å². The topological polar surface area (TPSA) is 75.3 Å². The fourth-order valence-electron chi connectivity index (χ4n) is 0.995. The second-order valence-corrected chi connectivity index (χ2v) is 5.70. The van der Waals surface area contributed by atoms with Gasteiger partial charge in [-0.05, 0) is 20.9 Å². The van der Waals surface area contributed by atoms with Crippen LogP contribution in [0.1, 0.15) is 13.8 Å². The van der Waals surface area contributed by atoms with Crippen molar-refractivity contribution >= 4 is 15.7 Å². The van der Waals surface area contributed by atoms with Crippen molar-refractivity contribution in [2.75, 3.05) is 19.1 Å². The average Bonchev–Trinajstić information content (AvgIpc) is 1.99. The molecule has 0 aliphatic rings. The van der Waals surface area contributed by atoms with Gasteiger partial charge >= 0.3 is 0 Å². The molecule has 0 saturated carbocycles. The molecule has 0 aliphatic heterocycles. The highest BCUT2D eigenvalue weighted by molar-refractivity contribution is 7.90. The zero-order valence-corrected chi connectivity index (χ0v) is 9.81. The first kappa shape index (κ1) is 13.4. The van der Waals surface area contributed by atoms with Gasteiger partial charge in [-0.1, -0.05) is 0 Å². The Morgan fingerprint density at radius 2 is 1.86 bits per heavy atom. The normalized spacial score (nSPS) is 16.0. The van der Waals surface area contributed by atoms with Gasteiger partial charge < -0.3 is 10.6 Å². The number of amides is 1. The minimum absolute atomic E-state index is 0.0326. The molecule has 0 spiro atoms. The Hall–Kier alpha value is -0.620. The molecule has 0 rings (SSSR count). The van der Waals surface area contributed by atoms with Crippen molar-refractivity contribution in [2.24, 2.45) is 0 Å². The lowest BCUT2D eigenvalue weighted by Gasteiger charge is -2.16. The molecule has 2 unspecified atom stereocenters. The molecule has 0 aromatic heterocycles. The van der Waals surface area contributed by atoms with E-state index in [9.17, 15) is 13.2 Å². The summed E-state index contributed by atoms with van der Waals surface area (Å²) in [5.41, 5.74) is 0.